The Labute approximate surface area is 128 Å². The number of hydrogen-bond acceptors (Lipinski definition) is 2. The van der Waals surface area contributed by atoms with E-state index in [0.29, 0.717) is 16.4 Å². The van der Waals surface area contributed by atoms with Crippen molar-refractivity contribution in [1.82, 2.24) is 9.78 Å². The SMILES string of the molecule is Cc1ccc(-c2nn(-c3ccccc3)c(Cl)c2CO)cc1. The molecule has 0 unspecified atom stereocenters. The molecule has 2 aromatic carbocycles. The average molecular weight is 299 g/mol. The molecule has 0 saturated carbocycles. The van der Waals surface area contributed by atoms with Crippen LogP contribution in [0.1, 0.15) is 11.1 Å². The minimum absolute atomic E-state index is 0.144. The zero-order chi connectivity index (χ0) is 14.8. The molecule has 3 aromatic rings. The quantitative estimate of drug-likeness (QED) is 0.794. The molecule has 0 spiro atoms. The van der Waals surface area contributed by atoms with Crippen LogP contribution in [0.25, 0.3) is 16.9 Å². The molecular formula is C17H15ClN2O. The summed E-state index contributed by atoms with van der Waals surface area (Å²) in [4.78, 5) is 0. The van der Waals surface area contributed by atoms with Gasteiger partial charge in [-0.05, 0) is 19.1 Å². The van der Waals surface area contributed by atoms with E-state index in [0.717, 1.165) is 11.3 Å². The molecule has 0 bridgehead atoms. The molecule has 4 heteroatoms. The minimum atomic E-state index is -0.144. The van der Waals surface area contributed by atoms with Gasteiger partial charge in [0, 0.05) is 11.1 Å². The Kier molecular flexibility index (Phi) is 3.78. The zero-order valence-electron chi connectivity index (χ0n) is 11.6. The Morgan fingerprint density at radius 1 is 1.05 bits per heavy atom. The number of para-hydroxylation sites is 1. The topological polar surface area (TPSA) is 38.0 Å². The number of hydrogen-bond donors (Lipinski definition) is 1. The molecule has 21 heavy (non-hydrogen) atoms. The minimum Gasteiger partial charge on any atom is -0.391 e. The number of aliphatic hydroxyl groups excluding tert-OH is 1. The predicted octanol–water partition coefficient (Wildman–Crippen LogP) is 3.99. The van der Waals surface area contributed by atoms with Gasteiger partial charge in [0.15, 0.2) is 0 Å². The van der Waals surface area contributed by atoms with Crippen LogP contribution in [0.5, 0.6) is 0 Å². The summed E-state index contributed by atoms with van der Waals surface area (Å²) in [5.74, 6) is 0. The summed E-state index contributed by atoms with van der Waals surface area (Å²) in [5.41, 5.74) is 4.35. The highest BCUT2D eigenvalue weighted by Crippen LogP contribution is 2.30. The molecule has 1 aromatic heterocycles. The Morgan fingerprint density at radius 2 is 1.71 bits per heavy atom. The molecule has 0 atom stereocenters. The number of halogens is 1. The highest BCUT2D eigenvalue weighted by molar-refractivity contribution is 6.31. The lowest BCUT2D eigenvalue weighted by Gasteiger charge is -2.02. The van der Waals surface area contributed by atoms with Crippen LogP contribution in [0, 0.1) is 6.92 Å². The lowest BCUT2D eigenvalue weighted by molar-refractivity contribution is 0.282. The van der Waals surface area contributed by atoms with Gasteiger partial charge in [0.1, 0.15) is 5.15 Å². The molecule has 106 valence electrons. The first-order valence-corrected chi connectivity index (χ1v) is 7.09. The maximum Gasteiger partial charge on any atom is 0.139 e. The van der Waals surface area contributed by atoms with Gasteiger partial charge in [-0.3, -0.25) is 0 Å². The van der Waals surface area contributed by atoms with Gasteiger partial charge in [-0.2, -0.15) is 5.10 Å². The Balaban J connectivity index is 2.16. The van der Waals surface area contributed by atoms with E-state index in [9.17, 15) is 5.11 Å². The van der Waals surface area contributed by atoms with Gasteiger partial charge in [0.25, 0.3) is 0 Å². The summed E-state index contributed by atoms with van der Waals surface area (Å²) in [5, 5.41) is 14.7. The summed E-state index contributed by atoms with van der Waals surface area (Å²) in [6.07, 6.45) is 0. The standard InChI is InChI=1S/C17H15ClN2O/c1-12-7-9-13(10-8-12)16-15(11-21)17(18)20(19-16)14-5-3-2-4-6-14/h2-10,21H,11H2,1H3. The van der Waals surface area contributed by atoms with E-state index in [1.807, 2.05) is 61.5 Å². The van der Waals surface area contributed by atoms with E-state index >= 15 is 0 Å². The van der Waals surface area contributed by atoms with Crippen molar-refractivity contribution in [2.24, 2.45) is 0 Å². The summed E-state index contributed by atoms with van der Waals surface area (Å²) < 4.78 is 1.66. The molecular weight excluding hydrogens is 284 g/mol. The third kappa shape index (κ3) is 2.58. The summed E-state index contributed by atoms with van der Waals surface area (Å²) >= 11 is 6.39. The first-order valence-electron chi connectivity index (χ1n) is 6.71. The first kappa shape index (κ1) is 13.9. The van der Waals surface area contributed by atoms with Crippen molar-refractivity contribution in [1.29, 1.82) is 0 Å². The zero-order valence-corrected chi connectivity index (χ0v) is 12.4. The van der Waals surface area contributed by atoms with Crippen LogP contribution in [-0.2, 0) is 6.61 Å². The van der Waals surface area contributed by atoms with Crippen molar-refractivity contribution in [3.8, 4) is 16.9 Å². The van der Waals surface area contributed by atoms with Crippen LogP contribution in [0.15, 0.2) is 54.6 Å². The van der Waals surface area contributed by atoms with E-state index in [2.05, 4.69) is 5.10 Å². The fourth-order valence-corrected chi connectivity index (χ4v) is 2.54. The van der Waals surface area contributed by atoms with Crippen molar-refractivity contribution in [2.45, 2.75) is 13.5 Å². The average Bonchev–Trinajstić information content (AvgIpc) is 2.85. The van der Waals surface area contributed by atoms with E-state index < -0.39 is 0 Å². The second kappa shape index (κ2) is 5.72. The normalized spacial score (nSPS) is 10.8. The van der Waals surface area contributed by atoms with Crippen LogP contribution < -0.4 is 0 Å². The highest BCUT2D eigenvalue weighted by atomic mass is 35.5. The van der Waals surface area contributed by atoms with Crippen molar-refractivity contribution in [2.75, 3.05) is 0 Å². The van der Waals surface area contributed by atoms with E-state index in [4.69, 9.17) is 11.6 Å². The highest BCUT2D eigenvalue weighted by Gasteiger charge is 2.17. The van der Waals surface area contributed by atoms with Crippen molar-refractivity contribution in [3.05, 3.63) is 70.9 Å². The number of rotatable bonds is 3. The van der Waals surface area contributed by atoms with Crippen LogP contribution in [0.4, 0.5) is 0 Å². The van der Waals surface area contributed by atoms with Gasteiger partial charge in [-0.25, -0.2) is 4.68 Å². The van der Waals surface area contributed by atoms with E-state index in [1.165, 1.54) is 5.56 Å². The fraction of sp³-hybridized carbons (Fsp3) is 0.118. The molecule has 0 radical (unpaired) electrons. The van der Waals surface area contributed by atoms with Crippen molar-refractivity contribution < 1.29 is 5.11 Å². The molecule has 3 rings (SSSR count). The Bertz CT molecular complexity index is 748. The lowest BCUT2D eigenvalue weighted by atomic mass is 10.1. The van der Waals surface area contributed by atoms with Gasteiger partial charge in [-0.1, -0.05) is 59.6 Å². The number of aryl methyl sites for hydroxylation is 1. The summed E-state index contributed by atoms with van der Waals surface area (Å²) in [6.45, 7) is 1.89. The molecule has 0 aliphatic heterocycles. The lowest BCUT2D eigenvalue weighted by Crippen LogP contribution is -1.96. The monoisotopic (exact) mass is 298 g/mol. The van der Waals surface area contributed by atoms with Gasteiger partial charge in [0.2, 0.25) is 0 Å². The van der Waals surface area contributed by atoms with Gasteiger partial charge in [0.05, 0.1) is 18.0 Å². The smallest absolute Gasteiger partial charge is 0.139 e. The summed E-state index contributed by atoms with van der Waals surface area (Å²) in [7, 11) is 0. The van der Waals surface area contributed by atoms with Crippen LogP contribution in [0.2, 0.25) is 5.15 Å². The molecule has 0 fully saturated rings. The number of benzene rings is 2. The number of aliphatic hydroxyl groups is 1. The number of aromatic nitrogens is 2. The molecule has 1 heterocycles. The van der Waals surface area contributed by atoms with Gasteiger partial charge < -0.3 is 5.11 Å². The molecule has 3 nitrogen and oxygen atoms in total. The third-order valence-electron chi connectivity index (χ3n) is 3.40. The Hall–Kier alpha value is -2.10. The van der Waals surface area contributed by atoms with Gasteiger partial charge >= 0.3 is 0 Å². The predicted molar refractivity (Wildman–Crippen MR) is 84.7 cm³/mol. The Morgan fingerprint density at radius 3 is 2.33 bits per heavy atom. The van der Waals surface area contributed by atoms with Crippen LogP contribution in [-0.4, -0.2) is 14.9 Å². The first-order chi connectivity index (χ1) is 10.2. The number of nitrogens with zero attached hydrogens (tertiary/aromatic N) is 2. The molecule has 0 amide bonds. The molecule has 0 aliphatic carbocycles. The maximum absolute atomic E-state index is 9.64. The second-order valence-corrected chi connectivity index (χ2v) is 5.25. The largest absolute Gasteiger partial charge is 0.391 e. The second-order valence-electron chi connectivity index (χ2n) is 4.89. The van der Waals surface area contributed by atoms with Crippen LogP contribution in [0.3, 0.4) is 0 Å². The van der Waals surface area contributed by atoms with Crippen molar-refractivity contribution >= 4 is 11.6 Å². The van der Waals surface area contributed by atoms with Crippen LogP contribution >= 0.6 is 11.6 Å². The van der Waals surface area contributed by atoms with E-state index in [1.54, 1.807) is 4.68 Å². The molecule has 0 aliphatic rings. The van der Waals surface area contributed by atoms with Crippen molar-refractivity contribution in [3.63, 3.8) is 0 Å². The van der Waals surface area contributed by atoms with E-state index in [-0.39, 0.29) is 6.61 Å². The maximum atomic E-state index is 9.64. The molecule has 0 saturated heterocycles. The summed E-state index contributed by atoms with van der Waals surface area (Å²) in [6, 6.07) is 17.7. The third-order valence-corrected chi connectivity index (χ3v) is 3.79. The van der Waals surface area contributed by atoms with Gasteiger partial charge in [-0.15, -0.1) is 0 Å². The molecule has 1 N–H and O–H groups in total. The fourth-order valence-electron chi connectivity index (χ4n) is 2.25.